The van der Waals surface area contributed by atoms with E-state index in [9.17, 15) is 14.7 Å². The Bertz CT molecular complexity index is 1440. The third kappa shape index (κ3) is 3.83. The van der Waals surface area contributed by atoms with Gasteiger partial charge in [-0.05, 0) is 48.9 Å². The Morgan fingerprint density at radius 1 is 1.25 bits per heavy atom. The molecule has 9 heteroatoms. The molecule has 3 aromatic rings. The van der Waals surface area contributed by atoms with Gasteiger partial charge in [0, 0.05) is 10.6 Å². The molecule has 0 spiro atoms. The summed E-state index contributed by atoms with van der Waals surface area (Å²) in [5, 5.41) is 10.2. The number of hydrogen-bond donors (Lipinski definition) is 1. The van der Waals surface area contributed by atoms with Gasteiger partial charge in [0.05, 0.1) is 30.0 Å². The predicted molar refractivity (Wildman–Crippen MR) is 122 cm³/mol. The van der Waals surface area contributed by atoms with Crippen molar-refractivity contribution < 1.29 is 19.4 Å². The molecular formula is C23H19ClN2O5S. The number of methoxy groups -OCH3 is 2. The van der Waals surface area contributed by atoms with Crippen LogP contribution in [0.5, 0.6) is 11.5 Å². The van der Waals surface area contributed by atoms with Crippen LogP contribution in [0.1, 0.15) is 24.1 Å². The number of phenolic OH excluding ortho intramolecular Hbond substituents is 1. The van der Waals surface area contributed by atoms with Crippen molar-refractivity contribution in [2.75, 3.05) is 14.2 Å². The molecule has 1 N–H and O–H groups in total. The second-order valence-corrected chi connectivity index (χ2v) is 8.50. The molecule has 7 nitrogen and oxygen atoms in total. The van der Waals surface area contributed by atoms with Crippen LogP contribution in [0.3, 0.4) is 0 Å². The second-order valence-electron chi connectivity index (χ2n) is 7.05. The van der Waals surface area contributed by atoms with Gasteiger partial charge in [0.2, 0.25) is 0 Å². The fourth-order valence-electron chi connectivity index (χ4n) is 3.67. The summed E-state index contributed by atoms with van der Waals surface area (Å²) in [5.74, 6) is -0.0320. The van der Waals surface area contributed by atoms with E-state index in [0.717, 1.165) is 0 Å². The number of halogens is 1. The van der Waals surface area contributed by atoms with Gasteiger partial charge in [-0.25, -0.2) is 9.79 Å². The van der Waals surface area contributed by atoms with E-state index in [4.69, 9.17) is 21.1 Å². The topological polar surface area (TPSA) is 90.1 Å². The van der Waals surface area contributed by atoms with Crippen molar-refractivity contribution in [1.82, 2.24) is 4.57 Å². The minimum Gasteiger partial charge on any atom is -0.508 e. The number of phenols is 1. The Morgan fingerprint density at radius 3 is 2.72 bits per heavy atom. The van der Waals surface area contributed by atoms with E-state index in [0.29, 0.717) is 36.9 Å². The number of thiazole rings is 1. The molecule has 1 aliphatic heterocycles. The predicted octanol–water partition coefficient (Wildman–Crippen LogP) is 2.78. The van der Waals surface area contributed by atoms with Gasteiger partial charge in [0.15, 0.2) is 4.80 Å². The fraction of sp³-hybridized carbons (Fsp3) is 0.174. The number of aromatic nitrogens is 1. The van der Waals surface area contributed by atoms with Gasteiger partial charge in [0.1, 0.15) is 17.5 Å². The van der Waals surface area contributed by atoms with Crippen molar-refractivity contribution in [3.05, 3.63) is 89.6 Å². The number of aromatic hydroxyl groups is 1. The molecule has 0 saturated carbocycles. The standard InChI is InChI=1S/C23H19ClN2O5S/c1-12-19(22(29)31-3)20(16-11-14(24)7-8-17(16)30-2)26-21(28)18(32-23(26)25-12)10-13-5-4-6-15(27)9-13/h4-11,20,27H,1-3H3/b18-10-/t20-/m1/s1. The van der Waals surface area contributed by atoms with E-state index in [1.165, 1.54) is 30.1 Å². The van der Waals surface area contributed by atoms with E-state index in [2.05, 4.69) is 4.99 Å². The first-order valence-corrected chi connectivity index (χ1v) is 10.8. The Hall–Kier alpha value is -3.36. The molecule has 0 saturated heterocycles. The van der Waals surface area contributed by atoms with Crippen molar-refractivity contribution in [1.29, 1.82) is 0 Å². The first-order valence-electron chi connectivity index (χ1n) is 9.57. The highest BCUT2D eigenvalue weighted by Crippen LogP contribution is 2.37. The van der Waals surface area contributed by atoms with E-state index in [-0.39, 0.29) is 16.9 Å². The Labute approximate surface area is 192 Å². The molecule has 4 rings (SSSR count). The van der Waals surface area contributed by atoms with E-state index < -0.39 is 12.0 Å². The van der Waals surface area contributed by atoms with Gasteiger partial charge >= 0.3 is 5.97 Å². The van der Waals surface area contributed by atoms with Gasteiger partial charge in [-0.15, -0.1) is 0 Å². The lowest BCUT2D eigenvalue weighted by molar-refractivity contribution is -0.136. The Morgan fingerprint density at radius 2 is 2.03 bits per heavy atom. The van der Waals surface area contributed by atoms with Crippen molar-refractivity contribution in [3.63, 3.8) is 0 Å². The average Bonchev–Trinajstić information content (AvgIpc) is 3.06. The molecule has 0 unspecified atom stereocenters. The Balaban J connectivity index is 2.03. The number of allylic oxidation sites excluding steroid dienone is 1. The van der Waals surface area contributed by atoms with Gasteiger partial charge < -0.3 is 14.6 Å². The molecule has 32 heavy (non-hydrogen) atoms. The maximum atomic E-state index is 13.5. The average molecular weight is 471 g/mol. The summed E-state index contributed by atoms with van der Waals surface area (Å²) in [6.45, 7) is 1.70. The number of nitrogens with zero attached hydrogens (tertiary/aromatic N) is 2. The van der Waals surface area contributed by atoms with Crippen LogP contribution in [0.25, 0.3) is 6.08 Å². The molecule has 1 atom stereocenters. The normalized spacial score (nSPS) is 15.9. The van der Waals surface area contributed by atoms with Gasteiger partial charge in [-0.1, -0.05) is 35.1 Å². The van der Waals surface area contributed by atoms with E-state index in [1.54, 1.807) is 55.5 Å². The van der Waals surface area contributed by atoms with Crippen molar-refractivity contribution >= 4 is 35.0 Å². The fourth-order valence-corrected chi connectivity index (χ4v) is 4.90. The van der Waals surface area contributed by atoms with Crippen LogP contribution < -0.4 is 19.6 Å². The number of carbonyl (C=O) groups is 1. The zero-order valence-corrected chi connectivity index (χ0v) is 19.0. The molecular weight excluding hydrogens is 452 g/mol. The van der Waals surface area contributed by atoms with Crippen molar-refractivity contribution in [2.45, 2.75) is 13.0 Å². The van der Waals surface area contributed by atoms with Crippen LogP contribution in [0.4, 0.5) is 0 Å². The SMILES string of the molecule is COC(=O)C1=C(C)N=c2s/c(=C\c3cccc(O)c3)c(=O)n2[C@@H]1c1cc(Cl)ccc1OC. The second kappa shape index (κ2) is 8.64. The van der Waals surface area contributed by atoms with Crippen molar-refractivity contribution in [2.24, 2.45) is 4.99 Å². The molecule has 0 bridgehead atoms. The minimum absolute atomic E-state index is 0.0943. The Kier molecular flexibility index (Phi) is 5.90. The molecule has 2 heterocycles. The van der Waals surface area contributed by atoms with Gasteiger partial charge in [-0.3, -0.25) is 9.36 Å². The largest absolute Gasteiger partial charge is 0.508 e. The molecule has 0 aliphatic carbocycles. The van der Waals surface area contributed by atoms with Crippen LogP contribution in [-0.4, -0.2) is 29.9 Å². The number of esters is 1. The first kappa shape index (κ1) is 21.9. The molecule has 0 amide bonds. The zero-order valence-electron chi connectivity index (χ0n) is 17.5. The number of ether oxygens (including phenoxy) is 2. The molecule has 1 aliphatic rings. The zero-order chi connectivity index (χ0) is 23.0. The lowest BCUT2D eigenvalue weighted by Crippen LogP contribution is -2.40. The third-order valence-electron chi connectivity index (χ3n) is 5.08. The highest BCUT2D eigenvalue weighted by atomic mass is 35.5. The van der Waals surface area contributed by atoms with Crippen LogP contribution in [-0.2, 0) is 9.53 Å². The van der Waals surface area contributed by atoms with E-state index in [1.807, 2.05) is 0 Å². The lowest BCUT2D eigenvalue weighted by atomic mass is 9.95. The first-order chi connectivity index (χ1) is 15.3. The molecule has 2 aromatic carbocycles. The minimum atomic E-state index is -0.835. The summed E-state index contributed by atoms with van der Waals surface area (Å²) in [6.07, 6.45) is 1.67. The smallest absolute Gasteiger partial charge is 0.338 e. The third-order valence-corrected chi connectivity index (χ3v) is 6.30. The molecule has 0 radical (unpaired) electrons. The monoisotopic (exact) mass is 470 g/mol. The quantitative estimate of drug-likeness (QED) is 0.592. The number of rotatable bonds is 4. The highest BCUT2D eigenvalue weighted by molar-refractivity contribution is 7.07. The molecule has 0 fully saturated rings. The summed E-state index contributed by atoms with van der Waals surface area (Å²) >= 11 is 7.45. The number of fused-ring (bicyclic) bond motifs is 1. The summed E-state index contributed by atoms with van der Waals surface area (Å²) in [4.78, 5) is 31.2. The summed E-state index contributed by atoms with van der Waals surface area (Å²) in [5.41, 5.74) is 1.53. The number of hydrogen-bond acceptors (Lipinski definition) is 7. The number of benzene rings is 2. The summed E-state index contributed by atoms with van der Waals surface area (Å²) in [7, 11) is 2.79. The van der Waals surface area contributed by atoms with Crippen LogP contribution >= 0.6 is 22.9 Å². The van der Waals surface area contributed by atoms with Crippen LogP contribution in [0.2, 0.25) is 5.02 Å². The molecule has 1 aromatic heterocycles. The van der Waals surface area contributed by atoms with Crippen molar-refractivity contribution in [3.8, 4) is 11.5 Å². The van der Waals surface area contributed by atoms with E-state index >= 15 is 0 Å². The van der Waals surface area contributed by atoms with Crippen LogP contribution in [0, 0.1) is 0 Å². The molecule has 164 valence electrons. The summed E-state index contributed by atoms with van der Waals surface area (Å²) < 4.78 is 12.4. The number of carbonyl (C=O) groups excluding carboxylic acids is 1. The maximum absolute atomic E-state index is 13.5. The summed E-state index contributed by atoms with van der Waals surface area (Å²) in [6, 6.07) is 10.8. The van der Waals surface area contributed by atoms with Gasteiger partial charge in [-0.2, -0.15) is 0 Å². The lowest BCUT2D eigenvalue weighted by Gasteiger charge is -2.25. The maximum Gasteiger partial charge on any atom is 0.338 e. The van der Waals surface area contributed by atoms with Crippen LogP contribution in [0.15, 0.2) is 63.5 Å². The van der Waals surface area contributed by atoms with Gasteiger partial charge in [0.25, 0.3) is 5.56 Å². The highest BCUT2D eigenvalue weighted by Gasteiger charge is 2.35.